The summed E-state index contributed by atoms with van der Waals surface area (Å²) >= 11 is 9.98. The van der Waals surface area contributed by atoms with Crippen LogP contribution in [0.2, 0.25) is 0 Å². The maximum Gasteiger partial charge on any atom is 0.397 e. The highest BCUT2D eigenvalue weighted by molar-refractivity contribution is 9.11. The largest absolute Gasteiger partial charge is 0.456 e. The highest BCUT2D eigenvalue weighted by atomic mass is 79.9. The molecule has 1 aromatic carbocycles. The van der Waals surface area contributed by atoms with Crippen LogP contribution in [-0.2, 0) is 11.3 Å². The van der Waals surface area contributed by atoms with Crippen LogP contribution in [0.1, 0.15) is 5.56 Å². The van der Waals surface area contributed by atoms with Crippen LogP contribution in [0.4, 0.5) is 4.79 Å². The highest BCUT2D eigenvalue weighted by Gasteiger charge is 2.09. The zero-order valence-electron chi connectivity index (χ0n) is 7.65. The number of ether oxygens (including phenoxy) is 1. The highest BCUT2D eigenvalue weighted by Crippen LogP contribution is 2.30. The molecule has 0 heterocycles. The van der Waals surface area contributed by atoms with Crippen LogP contribution in [0.15, 0.2) is 30.7 Å². The number of benzene rings is 1. The van der Waals surface area contributed by atoms with Crippen molar-refractivity contribution in [1.29, 1.82) is 0 Å². The molecule has 0 unspecified atom stereocenters. The van der Waals surface area contributed by atoms with Gasteiger partial charge in [0.2, 0.25) is 0 Å². The molecule has 1 amide bonds. The van der Waals surface area contributed by atoms with Crippen molar-refractivity contribution in [3.8, 4) is 0 Å². The van der Waals surface area contributed by atoms with Crippen LogP contribution in [-0.4, -0.2) is 6.09 Å². The smallest absolute Gasteiger partial charge is 0.397 e. The lowest BCUT2D eigenvalue weighted by atomic mass is 10.2. The monoisotopic (exact) mass is 411 g/mol. The van der Waals surface area contributed by atoms with E-state index >= 15 is 0 Å². The van der Waals surface area contributed by atoms with E-state index in [0.29, 0.717) is 0 Å². The van der Waals surface area contributed by atoms with Crippen molar-refractivity contribution in [2.24, 2.45) is 5.11 Å². The number of halogens is 3. The Morgan fingerprint density at radius 1 is 1.38 bits per heavy atom. The Morgan fingerprint density at radius 3 is 2.44 bits per heavy atom. The van der Waals surface area contributed by atoms with E-state index in [1.807, 2.05) is 12.1 Å². The molecule has 5 nitrogen and oxygen atoms in total. The predicted octanol–water partition coefficient (Wildman–Crippen LogP) is 4.92. The normalized spacial score (nSPS) is 9.44. The van der Waals surface area contributed by atoms with E-state index in [1.165, 1.54) is 0 Å². The van der Waals surface area contributed by atoms with Crippen molar-refractivity contribution in [2.75, 3.05) is 0 Å². The molecule has 0 spiro atoms. The van der Waals surface area contributed by atoms with Gasteiger partial charge in [-0.05, 0) is 17.7 Å². The van der Waals surface area contributed by atoms with E-state index in [9.17, 15) is 4.79 Å². The van der Waals surface area contributed by atoms with E-state index in [4.69, 9.17) is 10.3 Å². The Morgan fingerprint density at radius 2 is 1.94 bits per heavy atom. The second kappa shape index (κ2) is 6.24. The first-order valence-electron chi connectivity index (χ1n) is 3.90. The minimum Gasteiger partial charge on any atom is -0.456 e. The van der Waals surface area contributed by atoms with Crippen LogP contribution in [0.3, 0.4) is 0 Å². The number of hydrogen-bond acceptors (Lipinski definition) is 2. The fourth-order valence-corrected chi connectivity index (χ4v) is 3.40. The molecule has 0 saturated heterocycles. The zero-order chi connectivity index (χ0) is 12.1. The van der Waals surface area contributed by atoms with Gasteiger partial charge in [-0.2, -0.15) is 0 Å². The second-order valence-corrected chi connectivity index (χ2v) is 5.22. The third-order valence-corrected chi connectivity index (χ3v) is 3.45. The molecule has 16 heavy (non-hydrogen) atoms. The molecule has 0 aromatic heterocycles. The molecule has 0 aliphatic carbocycles. The third-order valence-electron chi connectivity index (χ3n) is 1.57. The van der Waals surface area contributed by atoms with Crippen molar-refractivity contribution in [3.63, 3.8) is 0 Å². The molecule has 1 aromatic rings. The molecule has 0 N–H and O–H groups in total. The SMILES string of the molecule is [N-]=[N+]=NC(=O)OCc1c(Br)cc(Br)cc1Br. The molecule has 0 saturated carbocycles. The number of hydrogen-bond donors (Lipinski definition) is 0. The Bertz CT molecular complexity index is 449. The number of azide groups is 1. The molecule has 8 heteroatoms. The van der Waals surface area contributed by atoms with Gasteiger partial charge in [-0.15, -0.1) is 0 Å². The molecule has 0 atom stereocenters. The Hall–Kier alpha value is -0.560. The van der Waals surface area contributed by atoms with Gasteiger partial charge in [-0.3, -0.25) is 0 Å². The fourth-order valence-electron chi connectivity index (χ4n) is 0.909. The summed E-state index contributed by atoms with van der Waals surface area (Å²) in [5.41, 5.74) is 8.77. The fraction of sp³-hybridized carbons (Fsp3) is 0.125. The molecule has 0 aliphatic heterocycles. The Labute approximate surface area is 116 Å². The summed E-state index contributed by atoms with van der Waals surface area (Å²) in [5.74, 6) is 0. The summed E-state index contributed by atoms with van der Waals surface area (Å²) in [6, 6.07) is 3.64. The summed E-state index contributed by atoms with van der Waals surface area (Å²) in [7, 11) is 0. The van der Waals surface area contributed by atoms with Gasteiger partial charge in [-0.25, -0.2) is 4.79 Å². The first kappa shape index (κ1) is 13.5. The lowest BCUT2D eigenvalue weighted by Crippen LogP contribution is -1.99. The van der Waals surface area contributed by atoms with Gasteiger partial charge < -0.3 is 4.74 Å². The van der Waals surface area contributed by atoms with Gasteiger partial charge >= 0.3 is 6.09 Å². The van der Waals surface area contributed by atoms with Gasteiger partial charge in [0.1, 0.15) is 6.61 Å². The van der Waals surface area contributed by atoms with Gasteiger partial charge in [0, 0.05) is 29.0 Å². The number of amides is 1. The van der Waals surface area contributed by atoms with E-state index in [1.54, 1.807) is 0 Å². The lowest BCUT2D eigenvalue weighted by Gasteiger charge is -2.07. The van der Waals surface area contributed by atoms with Crippen LogP contribution >= 0.6 is 47.8 Å². The molecule has 0 bridgehead atoms. The minimum absolute atomic E-state index is 0.0201. The standard InChI is InChI=1S/C8H4Br3N3O2/c9-4-1-6(10)5(7(11)2-4)3-16-8(15)13-14-12/h1-2H,3H2. The first-order chi connectivity index (χ1) is 7.54. The van der Waals surface area contributed by atoms with Crippen molar-refractivity contribution >= 4 is 53.9 Å². The first-order valence-corrected chi connectivity index (χ1v) is 6.27. The van der Waals surface area contributed by atoms with E-state index < -0.39 is 6.09 Å². The van der Waals surface area contributed by atoms with Gasteiger partial charge in [0.25, 0.3) is 0 Å². The van der Waals surface area contributed by atoms with Crippen LogP contribution in [0, 0.1) is 0 Å². The summed E-state index contributed by atoms with van der Waals surface area (Å²) in [5, 5.41) is 2.80. The molecular formula is C8H4Br3N3O2. The molecular weight excluding hydrogens is 410 g/mol. The van der Waals surface area contributed by atoms with E-state index in [0.717, 1.165) is 19.0 Å². The van der Waals surface area contributed by atoms with Crippen LogP contribution in [0.5, 0.6) is 0 Å². The second-order valence-electron chi connectivity index (χ2n) is 2.59. The molecule has 0 radical (unpaired) electrons. The number of carbonyl (C=O) groups is 1. The quantitative estimate of drug-likeness (QED) is 0.392. The molecule has 0 aliphatic rings. The maximum atomic E-state index is 10.8. The Balaban J connectivity index is 2.82. The summed E-state index contributed by atoms with van der Waals surface area (Å²) in [4.78, 5) is 13.1. The van der Waals surface area contributed by atoms with Gasteiger partial charge in [-0.1, -0.05) is 47.8 Å². The third kappa shape index (κ3) is 3.79. The van der Waals surface area contributed by atoms with Crippen LogP contribution in [0.25, 0.3) is 10.4 Å². The van der Waals surface area contributed by atoms with Gasteiger partial charge in [0.05, 0.1) is 0 Å². The number of rotatable bonds is 2. The molecule has 84 valence electrons. The maximum absolute atomic E-state index is 10.8. The zero-order valence-corrected chi connectivity index (χ0v) is 12.4. The average molecular weight is 414 g/mol. The summed E-state index contributed by atoms with van der Waals surface area (Å²) < 4.78 is 7.18. The summed E-state index contributed by atoms with van der Waals surface area (Å²) in [6.07, 6.45) is -0.954. The minimum atomic E-state index is -0.954. The molecule has 0 fully saturated rings. The number of nitrogens with zero attached hydrogens (tertiary/aromatic N) is 3. The van der Waals surface area contributed by atoms with E-state index in [2.05, 4.69) is 57.8 Å². The van der Waals surface area contributed by atoms with Gasteiger partial charge in [0.15, 0.2) is 0 Å². The molecule has 1 rings (SSSR count). The lowest BCUT2D eigenvalue weighted by molar-refractivity contribution is 0.150. The van der Waals surface area contributed by atoms with E-state index in [-0.39, 0.29) is 6.61 Å². The van der Waals surface area contributed by atoms with Crippen LogP contribution < -0.4 is 0 Å². The number of carbonyl (C=O) groups excluding carboxylic acids is 1. The Kier molecular flexibility index (Phi) is 5.27. The van der Waals surface area contributed by atoms with Crippen molar-refractivity contribution < 1.29 is 9.53 Å². The van der Waals surface area contributed by atoms with Crippen molar-refractivity contribution in [1.82, 2.24) is 0 Å². The topological polar surface area (TPSA) is 75.1 Å². The average Bonchev–Trinajstić information content (AvgIpc) is 2.16. The predicted molar refractivity (Wildman–Crippen MR) is 68.9 cm³/mol. The summed E-state index contributed by atoms with van der Waals surface area (Å²) in [6.45, 7) is 0.0201. The van der Waals surface area contributed by atoms with Crippen molar-refractivity contribution in [2.45, 2.75) is 6.61 Å². The van der Waals surface area contributed by atoms with Crippen molar-refractivity contribution in [3.05, 3.63) is 41.6 Å².